The summed E-state index contributed by atoms with van der Waals surface area (Å²) in [4.78, 5) is 0. The molecule has 0 saturated heterocycles. The summed E-state index contributed by atoms with van der Waals surface area (Å²) < 4.78 is 0. The van der Waals surface area contributed by atoms with Crippen LogP contribution in [0.4, 0.5) is 0 Å². The van der Waals surface area contributed by atoms with Crippen molar-refractivity contribution in [2.45, 2.75) is 38.6 Å². The molecule has 0 spiro atoms. The second-order valence-corrected chi connectivity index (χ2v) is 5.09. The molecule has 0 aliphatic rings. The van der Waals surface area contributed by atoms with Gasteiger partial charge in [-0.3, -0.25) is 0 Å². The molecule has 0 radical (unpaired) electrons. The number of halogens is 1. The lowest BCUT2D eigenvalue weighted by atomic mass is 9.97. The lowest BCUT2D eigenvalue weighted by Gasteiger charge is -2.13. The molecule has 0 aliphatic carbocycles. The van der Waals surface area contributed by atoms with Crippen LogP contribution in [-0.2, 0) is 0 Å². The van der Waals surface area contributed by atoms with E-state index in [9.17, 15) is 0 Å². The van der Waals surface area contributed by atoms with Crippen molar-refractivity contribution in [2.75, 3.05) is 0 Å². The minimum atomic E-state index is 0. The summed E-state index contributed by atoms with van der Waals surface area (Å²) in [7, 11) is 0. The molecule has 2 aromatic carbocycles. The second kappa shape index (κ2) is 8.78. The summed E-state index contributed by atoms with van der Waals surface area (Å²) in [5.41, 5.74) is 10.0. The standard InChI is InChI=1S/C18H23N.ClH/c1-2-3-5-13-18(19)17-12-8-11-16(14-17)15-9-6-4-7-10-15;/h4,6-12,14,18H,2-3,5,13,19H2,1H3;1H/t18-;/m0./s1. The minimum Gasteiger partial charge on any atom is -0.324 e. The molecule has 0 amide bonds. The van der Waals surface area contributed by atoms with Crippen LogP contribution in [0.15, 0.2) is 54.6 Å². The Morgan fingerprint density at radius 2 is 1.60 bits per heavy atom. The zero-order valence-electron chi connectivity index (χ0n) is 12.1. The van der Waals surface area contributed by atoms with Gasteiger partial charge in [-0.05, 0) is 29.2 Å². The van der Waals surface area contributed by atoms with Crippen LogP contribution in [0.3, 0.4) is 0 Å². The minimum absolute atomic E-state index is 0. The van der Waals surface area contributed by atoms with E-state index in [1.807, 2.05) is 6.07 Å². The van der Waals surface area contributed by atoms with Gasteiger partial charge in [0.25, 0.3) is 0 Å². The highest BCUT2D eigenvalue weighted by atomic mass is 35.5. The van der Waals surface area contributed by atoms with Crippen molar-refractivity contribution in [1.29, 1.82) is 0 Å². The number of rotatable bonds is 6. The highest BCUT2D eigenvalue weighted by Gasteiger charge is 2.06. The summed E-state index contributed by atoms with van der Waals surface area (Å²) in [6.07, 6.45) is 4.81. The fraction of sp³-hybridized carbons (Fsp3) is 0.333. The maximum Gasteiger partial charge on any atom is 0.0295 e. The van der Waals surface area contributed by atoms with Gasteiger partial charge in [0.05, 0.1) is 0 Å². The van der Waals surface area contributed by atoms with E-state index in [1.165, 1.54) is 36.0 Å². The van der Waals surface area contributed by atoms with E-state index in [0.29, 0.717) is 0 Å². The number of hydrogen-bond acceptors (Lipinski definition) is 1. The molecule has 0 aromatic heterocycles. The zero-order chi connectivity index (χ0) is 13.5. The Hall–Kier alpha value is -1.31. The summed E-state index contributed by atoms with van der Waals surface area (Å²) in [5, 5.41) is 0. The molecule has 0 unspecified atom stereocenters. The van der Waals surface area contributed by atoms with Crippen LogP contribution in [0.2, 0.25) is 0 Å². The largest absolute Gasteiger partial charge is 0.324 e. The highest BCUT2D eigenvalue weighted by Crippen LogP contribution is 2.24. The Bertz CT molecular complexity index is 496. The van der Waals surface area contributed by atoms with Crippen LogP contribution in [0.1, 0.15) is 44.2 Å². The fourth-order valence-corrected chi connectivity index (χ4v) is 2.36. The van der Waals surface area contributed by atoms with Crippen LogP contribution in [0.5, 0.6) is 0 Å². The van der Waals surface area contributed by atoms with Gasteiger partial charge in [0.15, 0.2) is 0 Å². The SMILES string of the molecule is CCCCC[C@H](N)c1cccc(-c2ccccc2)c1.Cl. The van der Waals surface area contributed by atoms with E-state index in [0.717, 1.165) is 6.42 Å². The molecule has 2 heteroatoms. The maximum absolute atomic E-state index is 6.28. The average Bonchev–Trinajstić information content (AvgIpc) is 2.48. The van der Waals surface area contributed by atoms with Crippen molar-refractivity contribution in [3.63, 3.8) is 0 Å². The third-order valence-corrected chi connectivity index (χ3v) is 3.54. The maximum atomic E-state index is 6.28. The lowest BCUT2D eigenvalue weighted by Crippen LogP contribution is -2.10. The monoisotopic (exact) mass is 289 g/mol. The topological polar surface area (TPSA) is 26.0 Å². The first kappa shape index (κ1) is 16.7. The van der Waals surface area contributed by atoms with Crippen LogP contribution in [-0.4, -0.2) is 0 Å². The predicted octanol–water partition coefficient (Wildman–Crippen LogP) is 5.36. The normalized spacial score (nSPS) is 11.7. The molecule has 0 saturated carbocycles. The van der Waals surface area contributed by atoms with Crippen LogP contribution in [0, 0.1) is 0 Å². The molecule has 2 aromatic rings. The van der Waals surface area contributed by atoms with Gasteiger partial charge in [0.2, 0.25) is 0 Å². The Labute approximate surface area is 128 Å². The first-order valence-corrected chi connectivity index (χ1v) is 7.22. The molecular weight excluding hydrogens is 266 g/mol. The lowest BCUT2D eigenvalue weighted by molar-refractivity contribution is 0.581. The van der Waals surface area contributed by atoms with Crippen molar-refractivity contribution in [1.82, 2.24) is 0 Å². The second-order valence-electron chi connectivity index (χ2n) is 5.09. The summed E-state index contributed by atoms with van der Waals surface area (Å²) >= 11 is 0. The van der Waals surface area contributed by atoms with Crippen molar-refractivity contribution >= 4 is 12.4 Å². The molecule has 2 N–H and O–H groups in total. The van der Waals surface area contributed by atoms with Gasteiger partial charge in [-0.15, -0.1) is 12.4 Å². The smallest absolute Gasteiger partial charge is 0.0295 e. The zero-order valence-corrected chi connectivity index (χ0v) is 12.9. The molecule has 20 heavy (non-hydrogen) atoms. The highest BCUT2D eigenvalue weighted by molar-refractivity contribution is 5.85. The quantitative estimate of drug-likeness (QED) is 0.712. The summed E-state index contributed by atoms with van der Waals surface area (Å²) in [6.45, 7) is 2.22. The van der Waals surface area contributed by atoms with Gasteiger partial charge in [-0.25, -0.2) is 0 Å². The number of nitrogens with two attached hydrogens (primary N) is 1. The Balaban J connectivity index is 0.00000200. The molecule has 0 bridgehead atoms. The van der Waals surface area contributed by atoms with E-state index in [-0.39, 0.29) is 18.4 Å². The van der Waals surface area contributed by atoms with E-state index >= 15 is 0 Å². The van der Waals surface area contributed by atoms with Gasteiger partial charge in [-0.2, -0.15) is 0 Å². The van der Waals surface area contributed by atoms with E-state index in [1.54, 1.807) is 0 Å². The Morgan fingerprint density at radius 3 is 2.30 bits per heavy atom. The van der Waals surface area contributed by atoms with Gasteiger partial charge >= 0.3 is 0 Å². The molecule has 1 atom stereocenters. The van der Waals surface area contributed by atoms with Crippen LogP contribution in [0.25, 0.3) is 11.1 Å². The Kier molecular flexibility index (Phi) is 7.35. The predicted molar refractivity (Wildman–Crippen MR) is 90.2 cm³/mol. The van der Waals surface area contributed by atoms with Gasteiger partial charge in [0.1, 0.15) is 0 Å². The average molecular weight is 290 g/mol. The van der Waals surface area contributed by atoms with E-state index in [4.69, 9.17) is 5.73 Å². The summed E-state index contributed by atoms with van der Waals surface area (Å²) in [6, 6.07) is 19.3. The van der Waals surface area contributed by atoms with Gasteiger partial charge < -0.3 is 5.73 Å². The van der Waals surface area contributed by atoms with Gasteiger partial charge in [0, 0.05) is 6.04 Å². The van der Waals surface area contributed by atoms with E-state index < -0.39 is 0 Å². The third kappa shape index (κ3) is 4.66. The number of benzene rings is 2. The van der Waals surface area contributed by atoms with Crippen molar-refractivity contribution in [2.24, 2.45) is 5.73 Å². The fourth-order valence-electron chi connectivity index (χ4n) is 2.36. The van der Waals surface area contributed by atoms with E-state index in [2.05, 4.69) is 55.5 Å². The molecule has 0 aliphatic heterocycles. The molecule has 2 rings (SSSR count). The molecule has 0 fully saturated rings. The molecule has 1 nitrogen and oxygen atoms in total. The van der Waals surface area contributed by atoms with Crippen molar-refractivity contribution in [3.05, 3.63) is 60.2 Å². The van der Waals surface area contributed by atoms with Crippen molar-refractivity contribution < 1.29 is 0 Å². The summed E-state index contributed by atoms with van der Waals surface area (Å²) in [5.74, 6) is 0. The Morgan fingerprint density at radius 1 is 0.900 bits per heavy atom. The molecular formula is C18H24ClN. The molecule has 0 heterocycles. The van der Waals surface area contributed by atoms with Crippen LogP contribution < -0.4 is 5.73 Å². The van der Waals surface area contributed by atoms with Gasteiger partial charge in [-0.1, -0.05) is 74.7 Å². The molecule has 108 valence electrons. The number of unbranched alkanes of at least 4 members (excludes halogenated alkanes) is 2. The first-order chi connectivity index (χ1) is 9.31. The third-order valence-electron chi connectivity index (χ3n) is 3.54. The first-order valence-electron chi connectivity index (χ1n) is 7.22. The number of hydrogen-bond donors (Lipinski definition) is 1. The van der Waals surface area contributed by atoms with Crippen molar-refractivity contribution in [3.8, 4) is 11.1 Å². The van der Waals surface area contributed by atoms with Crippen LogP contribution >= 0.6 is 12.4 Å².